The zero-order valence-electron chi connectivity index (χ0n) is 10.2. The summed E-state index contributed by atoms with van der Waals surface area (Å²) >= 11 is 0. The van der Waals surface area contributed by atoms with Gasteiger partial charge in [-0.1, -0.05) is 18.2 Å². The van der Waals surface area contributed by atoms with E-state index < -0.39 is 12.5 Å². The number of rotatable bonds is 4. The number of carbonyl (C=O) groups excluding carboxylic acids is 1. The maximum Gasteiger partial charge on any atom is 0.250 e. The third-order valence-electron chi connectivity index (χ3n) is 2.33. The number of amides is 1. The lowest BCUT2D eigenvalue weighted by molar-refractivity contribution is -0.118. The fourth-order valence-corrected chi connectivity index (χ4v) is 1.42. The molecule has 2 aromatic rings. The van der Waals surface area contributed by atoms with Crippen LogP contribution in [0.2, 0.25) is 0 Å². The fourth-order valence-electron chi connectivity index (χ4n) is 1.42. The highest BCUT2D eigenvalue weighted by Crippen LogP contribution is 2.19. The van der Waals surface area contributed by atoms with Gasteiger partial charge in [0.15, 0.2) is 0 Å². The van der Waals surface area contributed by atoms with E-state index in [2.05, 4.69) is 15.5 Å². The normalized spacial score (nSPS) is 10.6. The average molecular weight is 255 g/mol. The van der Waals surface area contributed by atoms with Gasteiger partial charge in [-0.05, 0) is 36.4 Å². The molecule has 0 bridgehead atoms. The van der Waals surface area contributed by atoms with Crippen LogP contribution in [0.4, 0.5) is 17.1 Å². The summed E-state index contributed by atoms with van der Waals surface area (Å²) in [6.45, 7) is -0.532. The summed E-state index contributed by atoms with van der Waals surface area (Å²) in [4.78, 5) is 11.0. The predicted molar refractivity (Wildman–Crippen MR) is 72.8 cm³/mol. The second-order valence-corrected chi connectivity index (χ2v) is 3.79. The molecule has 2 N–H and O–H groups in total. The lowest BCUT2D eigenvalue weighted by Crippen LogP contribution is -2.15. The van der Waals surface area contributed by atoms with E-state index >= 15 is 0 Å². The van der Waals surface area contributed by atoms with Crippen molar-refractivity contribution in [2.75, 3.05) is 11.9 Å². The Kier molecular flexibility index (Phi) is 4.36. The highest BCUT2D eigenvalue weighted by atomic mass is 16.3. The summed E-state index contributed by atoms with van der Waals surface area (Å²) in [5, 5.41) is 19.3. The van der Waals surface area contributed by atoms with Gasteiger partial charge in [0, 0.05) is 5.69 Å². The third kappa shape index (κ3) is 4.01. The van der Waals surface area contributed by atoms with Crippen LogP contribution >= 0.6 is 0 Å². The molecule has 2 aromatic carbocycles. The van der Waals surface area contributed by atoms with Gasteiger partial charge in [-0.2, -0.15) is 10.2 Å². The fraction of sp³-hybridized carbons (Fsp3) is 0.0714. The average Bonchev–Trinajstić information content (AvgIpc) is 2.47. The highest BCUT2D eigenvalue weighted by molar-refractivity contribution is 5.91. The van der Waals surface area contributed by atoms with E-state index in [9.17, 15) is 4.79 Å². The molecule has 19 heavy (non-hydrogen) atoms. The van der Waals surface area contributed by atoms with Crippen molar-refractivity contribution in [3.8, 4) is 0 Å². The van der Waals surface area contributed by atoms with E-state index in [1.807, 2.05) is 30.3 Å². The summed E-state index contributed by atoms with van der Waals surface area (Å²) in [6.07, 6.45) is 0. The molecule has 0 aliphatic rings. The molecule has 0 unspecified atom stereocenters. The predicted octanol–water partition coefficient (Wildman–Crippen LogP) is 3.03. The van der Waals surface area contributed by atoms with Crippen molar-refractivity contribution in [1.29, 1.82) is 0 Å². The molecule has 96 valence electrons. The molecule has 2 rings (SSSR count). The molecule has 0 spiro atoms. The van der Waals surface area contributed by atoms with E-state index in [1.165, 1.54) is 0 Å². The maximum absolute atomic E-state index is 11.0. The van der Waals surface area contributed by atoms with E-state index in [1.54, 1.807) is 24.3 Å². The molecule has 0 aliphatic heterocycles. The SMILES string of the molecule is O=C(CO)Nc1ccc(N=Nc2ccccc2)cc1. The number of aliphatic hydroxyl groups excluding tert-OH is 1. The van der Waals surface area contributed by atoms with Gasteiger partial charge >= 0.3 is 0 Å². The molecule has 0 saturated carbocycles. The van der Waals surface area contributed by atoms with Crippen molar-refractivity contribution < 1.29 is 9.90 Å². The summed E-state index contributed by atoms with van der Waals surface area (Å²) in [7, 11) is 0. The minimum Gasteiger partial charge on any atom is -0.387 e. The first-order chi connectivity index (χ1) is 9.28. The number of nitrogens with zero attached hydrogens (tertiary/aromatic N) is 2. The van der Waals surface area contributed by atoms with Gasteiger partial charge in [0.2, 0.25) is 5.91 Å². The molecule has 0 fully saturated rings. The summed E-state index contributed by atoms with van der Waals surface area (Å²) in [5.41, 5.74) is 2.07. The molecule has 0 radical (unpaired) electrons. The Bertz CT molecular complexity index is 565. The molecule has 5 heteroatoms. The van der Waals surface area contributed by atoms with Crippen LogP contribution in [0.3, 0.4) is 0 Å². The van der Waals surface area contributed by atoms with Crippen LogP contribution in [0.25, 0.3) is 0 Å². The van der Waals surface area contributed by atoms with Gasteiger partial charge in [0.05, 0.1) is 11.4 Å². The van der Waals surface area contributed by atoms with E-state index in [0.29, 0.717) is 11.4 Å². The van der Waals surface area contributed by atoms with Crippen LogP contribution in [0, 0.1) is 0 Å². The van der Waals surface area contributed by atoms with Crippen molar-refractivity contribution >= 4 is 23.0 Å². The van der Waals surface area contributed by atoms with Crippen LogP contribution in [0.1, 0.15) is 0 Å². The van der Waals surface area contributed by atoms with Gasteiger partial charge in [0.1, 0.15) is 6.61 Å². The molecule has 0 saturated heterocycles. The van der Waals surface area contributed by atoms with Gasteiger partial charge in [-0.15, -0.1) is 0 Å². The van der Waals surface area contributed by atoms with Crippen molar-refractivity contribution in [3.63, 3.8) is 0 Å². The van der Waals surface area contributed by atoms with Gasteiger partial charge < -0.3 is 10.4 Å². The second-order valence-electron chi connectivity index (χ2n) is 3.79. The number of hydrogen-bond acceptors (Lipinski definition) is 4. The first kappa shape index (κ1) is 12.9. The summed E-state index contributed by atoms with van der Waals surface area (Å²) in [5.74, 6) is -0.446. The van der Waals surface area contributed by atoms with E-state index in [0.717, 1.165) is 5.69 Å². The minimum atomic E-state index is -0.532. The molecule has 5 nitrogen and oxygen atoms in total. The molecular weight excluding hydrogens is 242 g/mol. The zero-order chi connectivity index (χ0) is 13.5. The maximum atomic E-state index is 11.0. The van der Waals surface area contributed by atoms with Crippen LogP contribution in [-0.4, -0.2) is 17.6 Å². The van der Waals surface area contributed by atoms with Gasteiger partial charge in [-0.3, -0.25) is 4.79 Å². The van der Waals surface area contributed by atoms with Crippen LogP contribution in [0.5, 0.6) is 0 Å². The number of azo groups is 1. The Balaban J connectivity index is 2.03. The molecular formula is C14H13N3O2. The lowest BCUT2D eigenvalue weighted by atomic mass is 10.3. The molecule has 0 aliphatic carbocycles. The standard InChI is InChI=1S/C14H13N3O2/c18-10-14(19)15-11-6-8-13(9-7-11)17-16-12-4-2-1-3-5-12/h1-9,18H,10H2,(H,15,19). The lowest BCUT2D eigenvalue weighted by Gasteiger charge is -2.02. The second kappa shape index (κ2) is 6.42. The molecule has 0 heterocycles. The Hall–Kier alpha value is -2.53. The molecule has 1 amide bonds. The van der Waals surface area contributed by atoms with Gasteiger partial charge in [-0.25, -0.2) is 0 Å². The zero-order valence-corrected chi connectivity index (χ0v) is 10.2. The Morgan fingerprint density at radius 2 is 1.53 bits per heavy atom. The third-order valence-corrected chi connectivity index (χ3v) is 2.33. The quantitative estimate of drug-likeness (QED) is 0.824. The highest BCUT2D eigenvalue weighted by Gasteiger charge is 1.99. The largest absolute Gasteiger partial charge is 0.387 e. The number of aliphatic hydroxyl groups is 1. The number of hydrogen-bond donors (Lipinski definition) is 2. The first-order valence-electron chi connectivity index (χ1n) is 5.75. The number of anilines is 1. The van der Waals surface area contributed by atoms with E-state index in [-0.39, 0.29) is 0 Å². The van der Waals surface area contributed by atoms with Gasteiger partial charge in [0.25, 0.3) is 0 Å². The number of benzene rings is 2. The van der Waals surface area contributed by atoms with Crippen LogP contribution in [-0.2, 0) is 4.79 Å². The van der Waals surface area contributed by atoms with Crippen molar-refractivity contribution in [2.24, 2.45) is 10.2 Å². The Labute approximate surface area is 110 Å². The van der Waals surface area contributed by atoms with Crippen molar-refractivity contribution in [1.82, 2.24) is 0 Å². The molecule has 0 aromatic heterocycles. The smallest absolute Gasteiger partial charge is 0.250 e. The monoisotopic (exact) mass is 255 g/mol. The summed E-state index contributed by atoms with van der Waals surface area (Å²) in [6, 6.07) is 16.3. The number of carbonyl (C=O) groups is 1. The topological polar surface area (TPSA) is 74.0 Å². The summed E-state index contributed by atoms with van der Waals surface area (Å²) < 4.78 is 0. The first-order valence-corrected chi connectivity index (χ1v) is 5.75. The van der Waals surface area contributed by atoms with Crippen LogP contribution < -0.4 is 5.32 Å². The molecule has 0 atom stereocenters. The number of nitrogens with one attached hydrogen (secondary N) is 1. The van der Waals surface area contributed by atoms with E-state index in [4.69, 9.17) is 5.11 Å². The minimum absolute atomic E-state index is 0.446. The van der Waals surface area contributed by atoms with Crippen molar-refractivity contribution in [3.05, 3.63) is 54.6 Å². The Morgan fingerprint density at radius 1 is 0.947 bits per heavy atom. The van der Waals surface area contributed by atoms with Crippen molar-refractivity contribution in [2.45, 2.75) is 0 Å². The van der Waals surface area contributed by atoms with Crippen LogP contribution in [0.15, 0.2) is 64.8 Å². The Morgan fingerprint density at radius 3 is 2.11 bits per heavy atom.